The predicted molar refractivity (Wildman–Crippen MR) is 103 cm³/mol. The minimum atomic E-state index is -0.255. The molecular weight excluding hydrogens is 356 g/mol. The molecule has 1 aliphatic carbocycles. The lowest BCUT2D eigenvalue weighted by Crippen LogP contribution is -2.49. The Kier molecular flexibility index (Phi) is 4.31. The number of ether oxygens (including phenoxy) is 1. The molecule has 0 saturated carbocycles. The third kappa shape index (κ3) is 3.04. The monoisotopic (exact) mass is 378 g/mol. The molecule has 1 saturated heterocycles. The van der Waals surface area contributed by atoms with E-state index in [-0.39, 0.29) is 6.09 Å². The fraction of sp³-hybridized carbons (Fsp3) is 0.400. The van der Waals surface area contributed by atoms with E-state index in [4.69, 9.17) is 4.74 Å². The van der Waals surface area contributed by atoms with Crippen molar-refractivity contribution in [3.8, 4) is 0 Å². The van der Waals surface area contributed by atoms with Gasteiger partial charge in [0.25, 0.3) is 5.78 Å². The van der Waals surface area contributed by atoms with E-state index in [0.717, 1.165) is 49.4 Å². The molecule has 0 N–H and O–H groups in total. The van der Waals surface area contributed by atoms with Crippen LogP contribution in [0.4, 0.5) is 10.6 Å². The number of hydrogen-bond donors (Lipinski definition) is 0. The van der Waals surface area contributed by atoms with Crippen LogP contribution in [-0.2, 0) is 24.2 Å². The van der Waals surface area contributed by atoms with Crippen LogP contribution in [0.15, 0.2) is 36.7 Å². The molecule has 0 atom stereocenters. The summed E-state index contributed by atoms with van der Waals surface area (Å²) in [5, 5.41) is 4.38. The second-order valence-electron chi connectivity index (χ2n) is 7.20. The van der Waals surface area contributed by atoms with Gasteiger partial charge in [-0.15, -0.1) is 0 Å². The van der Waals surface area contributed by atoms with E-state index in [1.807, 2.05) is 34.8 Å². The topological polar surface area (TPSA) is 75.9 Å². The lowest BCUT2D eigenvalue weighted by atomic mass is 10.2. The molecule has 8 nitrogen and oxygen atoms in total. The number of fused-ring (bicyclic) bond motifs is 2. The molecule has 0 radical (unpaired) electrons. The maximum Gasteiger partial charge on any atom is 0.410 e. The molecule has 2 aliphatic rings. The maximum atomic E-state index is 12.4. The Morgan fingerprint density at radius 3 is 2.71 bits per heavy atom. The molecule has 5 rings (SSSR count). The van der Waals surface area contributed by atoms with Crippen LogP contribution in [0.3, 0.4) is 0 Å². The molecule has 1 fully saturated rings. The van der Waals surface area contributed by atoms with Crippen molar-refractivity contribution in [2.24, 2.45) is 0 Å². The van der Waals surface area contributed by atoms with E-state index in [9.17, 15) is 4.79 Å². The van der Waals surface area contributed by atoms with Gasteiger partial charge in [0.1, 0.15) is 18.8 Å². The summed E-state index contributed by atoms with van der Waals surface area (Å²) >= 11 is 0. The molecular formula is C20H22N6O2. The van der Waals surface area contributed by atoms with Gasteiger partial charge in [0, 0.05) is 31.7 Å². The Morgan fingerprint density at radius 1 is 1.07 bits per heavy atom. The molecule has 28 heavy (non-hydrogen) atoms. The van der Waals surface area contributed by atoms with E-state index in [1.54, 1.807) is 11.2 Å². The minimum absolute atomic E-state index is 0.255. The molecule has 1 amide bonds. The van der Waals surface area contributed by atoms with Gasteiger partial charge in [-0.1, -0.05) is 30.3 Å². The number of aryl methyl sites for hydroxylation is 1. The summed E-state index contributed by atoms with van der Waals surface area (Å²) < 4.78 is 7.31. The molecule has 1 aliphatic heterocycles. The average Bonchev–Trinajstić information content (AvgIpc) is 3.40. The fourth-order valence-corrected chi connectivity index (χ4v) is 4.04. The first-order valence-electron chi connectivity index (χ1n) is 9.71. The lowest BCUT2D eigenvalue weighted by molar-refractivity contribution is 0.0941. The van der Waals surface area contributed by atoms with Crippen molar-refractivity contribution < 1.29 is 9.53 Å². The molecule has 3 aromatic rings. The molecule has 8 heteroatoms. The highest BCUT2D eigenvalue weighted by molar-refractivity contribution is 5.68. The van der Waals surface area contributed by atoms with E-state index >= 15 is 0 Å². The molecule has 0 unspecified atom stereocenters. The van der Waals surface area contributed by atoms with E-state index in [1.165, 1.54) is 5.56 Å². The van der Waals surface area contributed by atoms with Crippen LogP contribution in [0.1, 0.15) is 23.2 Å². The second-order valence-corrected chi connectivity index (χ2v) is 7.20. The number of piperazine rings is 1. The van der Waals surface area contributed by atoms with Crippen molar-refractivity contribution in [3.63, 3.8) is 0 Å². The quantitative estimate of drug-likeness (QED) is 0.695. The predicted octanol–water partition coefficient (Wildman–Crippen LogP) is 2.07. The highest BCUT2D eigenvalue weighted by Crippen LogP contribution is 2.31. The first-order valence-corrected chi connectivity index (χ1v) is 9.71. The van der Waals surface area contributed by atoms with Gasteiger partial charge in [-0.05, 0) is 24.8 Å². The van der Waals surface area contributed by atoms with Crippen LogP contribution in [0.25, 0.3) is 5.78 Å². The lowest BCUT2D eigenvalue weighted by Gasteiger charge is -2.36. The van der Waals surface area contributed by atoms with E-state index < -0.39 is 0 Å². The van der Waals surface area contributed by atoms with E-state index in [2.05, 4.69) is 20.0 Å². The smallest absolute Gasteiger partial charge is 0.410 e. The zero-order valence-electron chi connectivity index (χ0n) is 15.6. The Morgan fingerprint density at radius 2 is 1.89 bits per heavy atom. The highest BCUT2D eigenvalue weighted by Gasteiger charge is 2.28. The normalized spacial score (nSPS) is 16.4. The van der Waals surface area contributed by atoms with Gasteiger partial charge in [0.05, 0.1) is 5.69 Å². The van der Waals surface area contributed by atoms with Crippen molar-refractivity contribution in [2.45, 2.75) is 25.9 Å². The van der Waals surface area contributed by atoms with Gasteiger partial charge in [-0.25, -0.2) is 9.78 Å². The van der Waals surface area contributed by atoms with Crippen molar-refractivity contribution >= 4 is 17.7 Å². The molecule has 144 valence electrons. The van der Waals surface area contributed by atoms with Crippen LogP contribution >= 0.6 is 0 Å². The Balaban J connectivity index is 1.27. The zero-order valence-corrected chi connectivity index (χ0v) is 15.6. The summed E-state index contributed by atoms with van der Waals surface area (Å²) in [6.45, 7) is 3.04. The number of hydrogen-bond acceptors (Lipinski definition) is 6. The summed E-state index contributed by atoms with van der Waals surface area (Å²) in [6.07, 6.45) is 4.44. The molecule has 2 aromatic heterocycles. The summed E-state index contributed by atoms with van der Waals surface area (Å²) in [4.78, 5) is 25.4. The number of carbonyl (C=O) groups excluding carboxylic acids is 1. The highest BCUT2D eigenvalue weighted by atomic mass is 16.6. The first kappa shape index (κ1) is 17.0. The number of amides is 1. The third-order valence-corrected chi connectivity index (χ3v) is 5.47. The van der Waals surface area contributed by atoms with Crippen LogP contribution in [0.2, 0.25) is 0 Å². The van der Waals surface area contributed by atoms with Gasteiger partial charge in [0.15, 0.2) is 0 Å². The number of aromatic nitrogens is 4. The summed E-state index contributed by atoms with van der Waals surface area (Å²) in [5.74, 6) is 1.74. The van der Waals surface area contributed by atoms with Crippen LogP contribution < -0.4 is 4.90 Å². The van der Waals surface area contributed by atoms with Gasteiger partial charge in [0.2, 0.25) is 0 Å². The SMILES string of the molecule is O=C(OCc1ccccc1)N1CCN(c2c3c(nc4ncnn24)CCC3)CC1. The Hall–Kier alpha value is -3.16. The molecule has 1 aromatic carbocycles. The van der Waals surface area contributed by atoms with Gasteiger partial charge in [-0.3, -0.25) is 0 Å². The number of rotatable bonds is 3. The van der Waals surface area contributed by atoms with Crippen molar-refractivity contribution in [1.82, 2.24) is 24.5 Å². The molecule has 0 bridgehead atoms. The summed E-state index contributed by atoms with van der Waals surface area (Å²) in [6, 6.07) is 9.75. The van der Waals surface area contributed by atoms with E-state index in [0.29, 0.717) is 25.5 Å². The van der Waals surface area contributed by atoms with Gasteiger partial charge >= 0.3 is 6.09 Å². The molecule has 0 spiro atoms. The summed E-state index contributed by atoms with van der Waals surface area (Å²) in [5.41, 5.74) is 3.41. The maximum absolute atomic E-state index is 12.4. The van der Waals surface area contributed by atoms with Crippen molar-refractivity contribution in [3.05, 3.63) is 53.5 Å². The first-order chi connectivity index (χ1) is 13.8. The summed E-state index contributed by atoms with van der Waals surface area (Å²) in [7, 11) is 0. The largest absolute Gasteiger partial charge is 0.445 e. The van der Waals surface area contributed by atoms with Gasteiger partial charge < -0.3 is 14.5 Å². The third-order valence-electron chi connectivity index (χ3n) is 5.47. The number of anilines is 1. The number of benzene rings is 1. The number of nitrogens with zero attached hydrogens (tertiary/aromatic N) is 6. The minimum Gasteiger partial charge on any atom is -0.445 e. The van der Waals surface area contributed by atoms with Crippen molar-refractivity contribution in [1.29, 1.82) is 0 Å². The standard InChI is InChI=1S/C20H22N6O2/c27-20(28-13-15-5-2-1-3-6-15)25-11-9-24(10-12-25)18-16-7-4-8-17(16)23-19-21-14-22-26(18)19/h1-3,5-6,14H,4,7-13H2. The van der Waals surface area contributed by atoms with Crippen LogP contribution in [0.5, 0.6) is 0 Å². The molecule has 3 heterocycles. The van der Waals surface area contributed by atoms with Gasteiger partial charge in [-0.2, -0.15) is 14.6 Å². The zero-order chi connectivity index (χ0) is 18.9. The Labute approximate surface area is 162 Å². The van der Waals surface area contributed by atoms with Crippen LogP contribution in [0, 0.1) is 0 Å². The van der Waals surface area contributed by atoms with Crippen LogP contribution in [-0.4, -0.2) is 56.8 Å². The second kappa shape index (κ2) is 7.10. The Bertz CT molecular complexity index is 995. The van der Waals surface area contributed by atoms with Crippen molar-refractivity contribution in [2.75, 3.05) is 31.1 Å². The average molecular weight is 378 g/mol. The number of carbonyl (C=O) groups is 1. The fourth-order valence-electron chi connectivity index (χ4n) is 4.04.